The molecule has 0 saturated carbocycles. The second-order valence-corrected chi connectivity index (χ2v) is 5.80. The third kappa shape index (κ3) is 4.30. The van der Waals surface area contributed by atoms with E-state index in [0.717, 1.165) is 36.6 Å². The molecule has 1 N–H and O–H groups in total. The number of aryl methyl sites for hydroxylation is 1. The van der Waals surface area contributed by atoms with Crippen LogP contribution >= 0.6 is 0 Å². The molecule has 1 aromatic heterocycles. The topological polar surface area (TPSA) is 55.2 Å². The van der Waals surface area contributed by atoms with Gasteiger partial charge in [0.25, 0.3) is 0 Å². The fourth-order valence-corrected chi connectivity index (χ4v) is 2.74. The predicted molar refractivity (Wildman–Crippen MR) is 95.2 cm³/mol. The van der Waals surface area contributed by atoms with Gasteiger partial charge in [-0.05, 0) is 42.5 Å². The maximum absolute atomic E-state index is 8.87. The minimum absolute atomic E-state index is 0.264. The average molecular weight is 322 g/mol. The molecule has 0 unspecified atom stereocenters. The molecule has 0 aliphatic carbocycles. The maximum Gasteiger partial charge on any atom is 0.224 e. The largest absolute Gasteiger partial charge is 0.477 e. The average Bonchev–Trinajstić information content (AvgIpc) is 2.63. The van der Waals surface area contributed by atoms with Crippen LogP contribution in [0.1, 0.15) is 24.0 Å². The molecule has 0 saturated heterocycles. The minimum atomic E-state index is 0.264. The molecular weight excluding hydrogens is 300 g/mol. The van der Waals surface area contributed by atoms with Crippen LogP contribution in [0.2, 0.25) is 0 Å². The number of rotatable bonds is 8. The van der Waals surface area contributed by atoms with E-state index in [-0.39, 0.29) is 6.61 Å². The standard InChI is InChI=1S/C20H22N2O2/c23-12-4-3-6-16-7-5-8-17(14-16)11-13-24-20-18-9-1-2-10-19(18)21-15-22-20/h1-2,5,7-10,14-15,23H,3-4,6,11-13H2. The van der Waals surface area contributed by atoms with E-state index in [1.165, 1.54) is 11.1 Å². The van der Waals surface area contributed by atoms with Gasteiger partial charge in [0, 0.05) is 13.0 Å². The molecule has 0 bridgehead atoms. The Kier molecular flexibility index (Phi) is 5.75. The number of para-hydroxylation sites is 1. The van der Waals surface area contributed by atoms with E-state index in [1.807, 2.05) is 24.3 Å². The van der Waals surface area contributed by atoms with Crippen molar-refractivity contribution in [1.82, 2.24) is 9.97 Å². The van der Waals surface area contributed by atoms with Gasteiger partial charge in [0.05, 0.1) is 17.5 Å². The van der Waals surface area contributed by atoms with Crippen molar-refractivity contribution in [3.8, 4) is 5.88 Å². The summed E-state index contributed by atoms with van der Waals surface area (Å²) < 4.78 is 5.88. The molecule has 0 spiro atoms. The highest BCUT2D eigenvalue weighted by atomic mass is 16.5. The minimum Gasteiger partial charge on any atom is -0.477 e. The molecule has 3 aromatic rings. The Morgan fingerprint density at radius 1 is 0.875 bits per heavy atom. The maximum atomic E-state index is 8.87. The van der Waals surface area contributed by atoms with E-state index in [4.69, 9.17) is 9.84 Å². The highest BCUT2D eigenvalue weighted by Crippen LogP contribution is 2.20. The number of fused-ring (bicyclic) bond motifs is 1. The molecule has 0 aliphatic heterocycles. The molecule has 24 heavy (non-hydrogen) atoms. The van der Waals surface area contributed by atoms with Gasteiger partial charge in [0.1, 0.15) is 6.33 Å². The Balaban J connectivity index is 1.59. The Morgan fingerprint density at radius 3 is 2.58 bits per heavy atom. The summed E-state index contributed by atoms with van der Waals surface area (Å²) in [5.74, 6) is 0.639. The SMILES string of the molecule is OCCCCc1cccc(CCOc2ncnc3ccccc23)c1. The van der Waals surface area contributed by atoms with Crippen LogP contribution in [0.3, 0.4) is 0 Å². The van der Waals surface area contributed by atoms with Crippen molar-refractivity contribution in [2.24, 2.45) is 0 Å². The van der Waals surface area contributed by atoms with Crippen molar-refractivity contribution in [2.45, 2.75) is 25.7 Å². The Labute approximate surface area is 142 Å². The van der Waals surface area contributed by atoms with E-state index >= 15 is 0 Å². The summed E-state index contributed by atoms with van der Waals surface area (Å²) in [6, 6.07) is 16.4. The number of benzene rings is 2. The van der Waals surface area contributed by atoms with Crippen LogP contribution in [-0.4, -0.2) is 28.3 Å². The molecule has 0 atom stereocenters. The number of aromatic nitrogens is 2. The van der Waals surface area contributed by atoms with Crippen molar-refractivity contribution in [3.05, 3.63) is 66.0 Å². The Morgan fingerprint density at radius 2 is 1.71 bits per heavy atom. The second-order valence-electron chi connectivity index (χ2n) is 5.80. The summed E-state index contributed by atoms with van der Waals surface area (Å²) in [7, 11) is 0. The molecule has 4 nitrogen and oxygen atoms in total. The number of hydrogen-bond acceptors (Lipinski definition) is 4. The number of hydrogen-bond donors (Lipinski definition) is 1. The zero-order valence-electron chi connectivity index (χ0n) is 13.7. The molecule has 2 aromatic carbocycles. The molecule has 0 amide bonds. The van der Waals surface area contributed by atoms with Gasteiger partial charge >= 0.3 is 0 Å². The van der Waals surface area contributed by atoms with Gasteiger partial charge in [-0.1, -0.05) is 36.4 Å². The first kappa shape index (κ1) is 16.4. The highest BCUT2D eigenvalue weighted by Gasteiger charge is 2.04. The summed E-state index contributed by atoms with van der Waals surface area (Å²) in [5, 5.41) is 9.81. The molecule has 0 aliphatic rings. The molecular formula is C20H22N2O2. The molecule has 124 valence electrons. The van der Waals surface area contributed by atoms with E-state index in [9.17, 15) is 0 Å². The van der Waals surface area contributed by atoms with Gasteiger partial charge in [0.2, 0.25) is 5.88 Å². The van der Waals surface area contributed by atoms with E-state index in [0.29, 0.717) is 12.5 Å². The number of nitrogens with zero attached hydrogens (tertiary/aromatic N) is 2. The quantitative estimate of drug-likeness (QED) is 0.644. The summed E-state index contributed by atoms with van der Waals surface area (Å²) in [4.78, 5) is 8.49. The van der Waals surface area contributed by atoms with E-state index in [1.54, 1.807) is 6.33 Å². The zero-order chi connectivity index (χ0) is 16.6. The first-order valence-corrected chi connectivity index (χ1v) is 8.38. The van der Waals surface area contributed by atoms with Crippen molar-refractivity contribution in [3.63, 3.8) is 0 Å². The molecule has 1 heterocycles. The molecule has 3 rings (SSSR count). The van der Waals surface area contributed by atoms with Crippen LogP contribution in [0.15, 0.2) is 54.9 Å². The lowest BCUT2D eigenvalue weighted by Gasteiger charge is -2.09. The van der Waals surface area contributed by atoms with Crippen molar-refractivity contribution >= 4 is 10.9 Å². The lowest BCUT2D eigenvalue weighted by Crippen LogP contribution is -2.04. The zero-order valence-corrected chi connectivity index (χ0v) is 13.7. The van der Waals surface area contributed by atoms with Crippen LogP contribution in [0, 0.1) is 0 Å². The molecule has 0 radical (unpaired) electrons. The molecule has 0 fully saturated rings. The van der Waals surface area contributed by atoms with Gasteiger partial charge in [-0.25, -0.2) is 9.97 Å². The van der Waals surface area contributed by atoms with Crippen molar-refractivity contribution < 1.29 is 9.84 Å². The second kappa shape index (κ2) is 8.41. The molecule has 4 heteroatoms. The van der Waals surface area contributed by atoms with Gasteiger partial charge in [-0.2, -0.15) is 0 Å². The van der Waals surface area contributed by atoms with Gasteiger partial charge in [-0.15, -0.1) is 0 Å². The van der Waals surface area contributed by atoms with Crippen LogP contribution in [-0.2, 0) is 12.8 Å². The Bertz CT molecular complexity index is 784. The number of ether oxygens (including phenoxy) is 1. The smallest absolute Gasteiger partial charge is 0.224 e. The summed E-state index contributed by atoms with van der Waals surface area (Å²) in [5.41, 5.74) is 3.47. The lowest BCUT2D eigenvalue weighted by molar-refractivity contribution is 0.284. The number of aliphatic hydroxyl groups excluding tert-OH is 1. The number of unbranched alkanes of at least 4 members (excludes halogenated alkanes) is 1. The van der Waals surface area contributed by atoms with Crippen LogP contribution in [0.5, 0.6) is 5.88 Å². The van der Waals surface area contributed by atoms with Crippen molar-refractivity contribution in [2.75, 3.05) is 13.2 Å². The van der Waals surface area contributed by atoms with Gasteiger partial charge < -0.3 is 9.84 Å². The van der Waals surface area contributed by atoms with Crippen LogP contribution in [0.4, 0.5) is 0 Å². The number of aliphatic hydroxyl groups is 1. The van der Waals surface area contributed by atoms with Crippen molar-refractivity contribution in [1.29, 1.82) is 0 Å². The predicted octanol–water partition coefficient (Wildman–Crippen LogP) is 3.57. The van der Waals surface area contributed by atoms with E-state index in [2.05, 4.69) is 34.2 Å². The lowest BCUT2D eigenvalue weighted by atomic mass is 10.0. The summed E-state index contributed by atoms with van der Waals surface area (Å²) in [6.07, 6.45) is 5.26. The Hall–Kier alpha value is -2.46. The monoisotopic (exact) mass is 322 g/mol. The first-order valence-electron chi connectivity index (χ1n) is 8.38. The summed E-state index contributed by atoms with van der Waals surface area (Å²) >= 11 is 0. The summed E-state index contributed by atoms with van der Waals surface area (Å²) in [6.45, 7) is 0.849. The normalized spacial score (nSPS) is 10.9. The fraction of sp³-hybridized carbons (Fsp3) is 0.300. The fourth-order valence-electron chi connectivity index (χ4n) is 2.74. The first-order chi connectivity index (χ1) is 11.9. The highest BCUT2D eigenvalue weighted by molar-refractivity contribution is 5.82. The third-order valence-corrected chi connectivity index (χ3v) is 4.00. The van der Waals surface area contributed by atoms with Gasteiger partial charge in [-0.3, -0.25) is 0 Å². The van der Waals surface area contributed by atoms with Crippen LogP contribution < -0.4 is 4.74 Å². The van der Waals surface area contributed by atoms with Gasteiger partial charge in [0.15, 0.2) is 0 Å². The van der Waals surface area contributed by atoms with Crippen LogP contribution in [0.25, 0.3) is 10.9 Å². The van der Waals surface area contributed by atoms with E-state index < -0.39 is 0 Å². The third-order valence-electron chi connectivity index (χ3n) is 4.00.